The van der Waals surface area contributed by atoms with Gasteiger partial charge in [0.25, 0.3) is 0 Å². The minimum Gasteiger partial charge on any atom is -0.294 e. The molecule has 0 radical (unpaired) electrons. The molecule has 0 atom stereocenters. The average molecular weight is 205 g/mol. The predicted octanol–water partition coefficient (Wildman–Crippen LogP) is 0.262. The van der Waals surface area contributed by atoms with Gasteiger partial charge in [0.2, 0.25) is 0 Å². The Labute approximate surface area is 86.5 Å². The van der Waals surface area contributed by atoms with Gasteiger partial charge in [0.05, 0.1) is 18.3 Å². The van der Waals surface area contributed by atoms with Gasteiger partial charge in [-0.1, -0.05) is 5.21 Å². The van der Waals surface area contributed by atoms with Gasteiger partial charge in [0.15, 0.2) is 5.78 Å². The zero-order valence-corrected chi connectivity index (χ0v) is 8.58. The van der Waals surface area contributed by atoms with Gasteiger partial charge in [0.1, 0.15) is 5.69 Å². The van der Waals surface area contributed by atoms with Gasteiger partial charge in [-0.3, -0.25) is 14.2 Å². The Morgan fingerprint density at radius 2 is 2.27 bits per heavy atom. The summed E-state index contributed by atoms with van der Waals surface area (Å²) < 4.78 is 3.30. The van der Waals surface area contributed by atoms with Crippen LogP contribution >= 0.6 is 0 Å². The molecule has 0 bridgehead atoms. The zero-order valence-electron chi connectivity index (χ0n) is 8.58. The molecule has 0 aromatic carbocycles. The molecular formula is C9H11N5O. The molecule has 0 aliphatic carbocycles. The monoisotopic (exact) mass is 205 g/mol. The summed E-state index contributed by atoms with van der Waals surface area (Å²) in [6.07, 6.45) is 5.07. The standard InChI is InChI=1S/C9H11N5O/c1-7(15)8-3-10-14(4-8)6-9-5-13(2)12-11-9/h3-5H,6H2,1-2H3. The fraction of sp³-hybridized carbons (Fsp3) is 0.333. The number of aromatic nitrogens is 5. The Morgan fingerprint density at radius 3 is 2.80 bits per heavy atom. The van der Waals surface area contributed by atoms with Gasteiger partial charge in [0, 0.05) is 19.4 Å². The normalized spacial score (nSPS) is 10.5. The molecule has 6 nitrogen and oxygen atoms in total. The number of carbonyl (C=O) groups is 1. The lowest BCUT2D eigenvalue weighted by molar-refractivity contribution is 0.101. The molecule has 0 aliphatic rings. The lowest BCUT2D eigenvalue weighted by Crippen LogP contribution is -2.00. The molecule has 2 rings (SSSR count). The van der Waals surface area contributed by atoms with Crippen LogP contribution in [0.15, 0.2) is 18.6 Å². The van der Waals surface area contributed by atoms with Crippen LogP contribution in [0.4, 0.5) is 0 Å². The summed E-state index contributed by atoms with van der Waals surface area (Å²) in [5, 5.41) is 11.8. The van der Waals surface area contributed by atoms with Crippen molar-refractivity contribution in [2.75, 3.05) is 0 Å². The van der Waals surface area contributed by atoms with E-state index in [4.69, 9.17) is 0 Å². The molecule has 0 spiro atoms. The second-order valence-corrected chi connectivity index (χ2v) is 3.37. The van der Waals surface area contributed by atoms with Gasteiger partial charge >= 0.3 is 0 Å². The summed E-state index contributed by atoms with van der Waals surface area (Å²) in [6.45, 7) is 2.05. The molecule has 0 aliphatic heterocycles. The quantitative estimate of drug-likeness (QED) is 0.674. The van der Waals surface area contributed by atoms with E-state index in [2.05, 4.69) is 15.4 Å². The molecule has 6 heteroatoms. The first kappa shape index (κ1) is 9.57. The molecule has 0 saturated heterocycles. The maximum Gasteiger partial charge on any atom is 0.162 e. The van der Waals surface area contributed by atoms with Gasteiger partial charge in [-0.05, 0) is 6.92 Å². The molecule has 0 unspecified atom stereocenters. The van der Waals surface area contributed by atoms with E-state index >= 15 is 0 Å². The van der Waals surface area contributed by atoms with E-state index in [0.29, 0.717) is 12.1 Å². The van der Waals surface area contributed by atoms with Crippen molar-refractivity contribution in [3.63, 3.8) is 0 Å². The number of hydrogen-bond donors (Lipinski definition) is 0. The zero-order chi connectivity index (χ0) is 10.8. The maximum atomic E-state index is 11.0. The SMILES string of the molecule is CC(=O)c1cnn(Cc2cn(C)nn2)c1. The number of aryl methyl sites for hydroxylation is 1. The number of carbonyl (C=O) groups excluding carboxylic acids is 1. The van der Waals surface area contributed by atoms with Crippen LogP contribution in [0.3, 0.4) is 0 Å². The van der Waals surface area contributed by atoms with Crippen LogP contribution < -0.4 is 0 Å². The van der Waals surface area contributed by atoms with Crippen LogP contribution in [0.5, 0.6) is 0 Å². The lowest BCUT2D eigenvalue weighted by Gasteiger charge is -1.94. The average Bonchev–Trinajstić information content (AvgIpc) is 2.76. The Morgan fingerprint density at radius 1 is 1.47 bits per heavy atom. The minimum absolute atomic E-state index is 0.0143. The van der Waals surface area contributed by atoms with E-state index < -0.39 is 0 Å². The molecule has 0 fully saturated rings. The maximum absolute atomic E-state index is 11.0. The van der Waals surface area contributed by atoms with Crippen molar-refractivity contribution in [2.24, 2.45) is 7.05 Å². The molecule has 2 aromatic heterocycles. The van der Waals surface area contributed by atoms with Crippen LogP contribution in [0.2, 0.25) is 0 Å². The van der Waals surface area contributed by atoms with Gasteiger partial charge < -0.3 is 0 Å². The Kier molecular flexibility index (Phi) is 2.32. The second kappa shape index (κ2) is 3.64. The highest BCUT2D eigenvalue weighted by atomic mass is 16.1. The summed E-state index contributed by atoms with van der Waals surface area (Å²) in [4.78, 5) is 11.0. The summed E-state index contributed by atoms with van der Waals surface area (Å²) in [5.41, 5.74) is 1.43. The predicted molar refractivity (Wildman–Crippen MR) is 52.3 cm³/mol. The summed E-state index contributed by atoms with van der Waals surface area (Å²) in [7, 11) is 1.81. The van der Waals surface area contributed by atoms with E-state index in [1.54, 1.807) is 28.8 Å². The highest BCUT2D eigenvalue weighted by Crippen LogP contribution is 2.01. The molecule has 0 saturated carbocycles. The van der Waals surface area contributed by atoms with Gasteiger partial charge in [-0.2, -0.15) is 5.10 Å². The molecule has 15 heavy (non-hydrogen) atoms. The molecule has 0 N–H and O–H groups in total. The fourth-order valence-corrected chi connectivity index (χ4v) is 1.27. The highest BCUT2D eigenvalue weighted by Gasteiger charge is 2.04. The first-order valence-electron chi connectivity index (χ1n) is 4.54. The minimum atomic E-state index is 0.0143. The third-order valence-electron chi connectivity index (χ3n) is 2.01. The van der Waals surface area contributed by atoms with Crippen molar-refractivity contribution in [2.45, 2.75) is 13.5 Å². The van der Waals surface area contributed by atoms with Gasteiger partial charge in [-0.15, -0.1) is 5.10 Å². The Bertz CT molecular complexity index is 484. The van der Waals surface area contributed by atoms with Crippen molar-refractivity contribution >= 4 is 5.78 Å². The number of hydrogen-bond acceptors (Lipinski definition) is 4. The Hall–Kier alpha value is -1.98. The lowest BCUT2D eigenvalue weighted by atomic mass is 10.3. The largest absolute Gasteiger partial charge is 0.294 e. The summed E-state index contributed by atoms with van der Waals surface area (Å²) in [6, 6.07) is 0. The number of nitrogens with zero attached hydrogens (tertiary/aromatic N) is 5. The molecule has 2 aromatic rings. The van der Waals surface area contributed by atoms with E-state index in [1.807, 2.05) is 6.20 Å². The fourth-order valence-electron chi connectivity index (χ4n) is 1.27. The first-order chi connectivity index (χ1) is 7.15. The molecule has 2 heterocycles. The summed E-state index contributed by atoms with van der Waals surface area (Å²) >= 11 is 0. The smallest absolute Gasteiger partial charge is 0.162 e. The molecular weight excluding hydrogens is 194 g/mol. The third kappa shape index (κ3) is 2.09. The van der Waals surface area contributed by atoms with Crippen LogP contribution in [0, 0.1) is 0 Å². The van der Waals surface area contributed by atoms with Crippen LogP contribution in [-0.2, 0) is 13.6 Å². The summed E-state index contributed by atoms with van der Waals surface area (Å²) in [5.74, 6) is 0.0143. The second-order valence-electron chi connectivity index (χ2n) is 3.37. The van der Waals surface area contributed by atoms with E-state index in [0.717, 1.165) is 5.69 Å². The van der Waals surface area contributed by atoms with Crippen molar-refractivity contribution in [1.29, 1.82) is 0 Å². The van der Waals surface area contributed by atoms with Crippen molar-refractivity contribution in [1.82, 2.24) is 24.8 Å². The molecule has 78 valence electrons. The van der Waals surface area contributed by atoms with E-state index in [1.165, 1.54) is 6.92 Å². The number of rotatable bonds is 3. The topological polar surface area (TPSA) is 65.6 Å². The first-order valence-corrected chi connectivity index (χ1v) is 4.54. The van der Waals surface area contributed by atoms with Crippen LogP contribution in [0.25, 0.3) is 0 Å². The highest BCUT2D eigenvalue weighted by molar-refractivity contribution is 5.93. The van der Waals surface area contributed by atoms with Crippen molar-refractivity contribution in [3.05, 3.63) is 29.8 Å². The molecule has 0 amide bonds. The Balaban J connectivity index is 2.14. The van der Waals surface area contributed by atoms with Crippen molar-refractivity contribution < 1.29 is 4.79 Å². The van der Waals surface area contributed by atoms with E-state index in [9.17, 15) is 4.79 Å². The van der Waals surface area contributed by atoms with Gasteiger partial charge in [-0.25, -0.2) is 0 Å². The third-order valence-corrected chi connectivity index (χ3v) is 2.01. The number of ketones is 1. The van der Waals surface area contributed by atoms with Crippen LogP contribution in [0.1, 0.15) is 23.0 Å². The van der Waals surface area contributed by atoms with Crippen LogP contribution in [-0.4, -0.2) is 30.6 Å². The van der Waals surface area contributed by atoms with Crippen molar-refractivity contribution in [3.8, 4) is 0 Å². The van der Waals surface area contributed by atoms with E-state index in [-0.39, 0.29) is 5.78 Å². The number of Topliss-reactive ketones (excluding diaryl/α,β-unsaturated/α-hetero) is 1.